The molecule has 38 heavy (non-hydrogen) atoms. The summed E-state index contributed by atoms with van der Waals surface area (Å²) in [5, 5.41) is 5.03. The molecule has 0 saturated heterocycles. The number of nitrogens with one attached hydrogen (secondary N) is 3. The summed E-state index contributed by atoms with van der Waals surface area (Å²) in [6.07, 6.45) is -1.12. The molecular formula is C23H19Cl2F3N6O4. The molecule has 4 aromatic rings. The number of carbonyl (C=O) groups is 1. The minimum absolute atomic E-state index is 0.0205. The number of methoxy groups -OCH3 is 2. The number of aromatic nitrogens is 4. The highest BCUT2D eigenvalue weighted by Crippen LogP contribution is 2.47. The first-order chi connectivity index (χ1) is 18.1. The van der Waals surface area contributed by atoms with Gasteiger partial charge in [-0.3, -0.25) is 10.3 Å². The minimum Gasteiger partial charge on any atom is -0.495 e. The number of fused-ring (bicyclic) bond motifs is 1. The first-order valence-electron chi connectivity index (χ1n) is 10.8. The quantitative estimate of drug-likeness (QED) is 0.250. The third kappa shape index (κ3) is 6.01. The molecule has 0 unspecified atom stereocenters. The predicted octanol–water partition coefficient (Wildman–Crippen LogP) is 5.61. The molecule has 2 aromatic carbocycles. The number of hydrogen-bond acceptors (Lipinski definition) is 8. The van der Waals surface area contributed by atoms with E-state index in [1.165, 1.54) is 38.9 Å². The van der Waals surface area contributed by atoms with E-state index in [-0.39, 0.29) is 33.8 Å². The molecular weight excluding hydrogens is 552 g/mol. The summed E-state index contributed by atoms with van der Waals surface area (Å²) in [5.41, 5.74) is 1.74. The Balaban J connectivity index is 1.58. The molecule has 1 amide bonds. The standard InChI is InChI=1S/C23H19Cl2F3N6O4/c1-36-14-7-15(37-2)18(25)16(17(14)24)12-3-4-13(20-19(12)30-5-6-31-20)38-22(35)34-21-32-9-11(33-21)8-29-10-23(26,27)28/h3-7,9,29H,8,10H2,1-2H3,(H2,32,33,34,35). The Bertz CT molecular complexity index is 1450. The lowest BCUT2D eigenvalue weighted by Crippen LogP contribution is -2.28. The van der Waals surface area contributed by atoms with Crippen LogP contribution in [0.15, 0.2) is 36.8 Å². The van der Waals surface area contributed by atoms with Crippen LogP contribution in [0, 0.1) is 0 Å². The summed E-state index contributed by atoms with van der Waals surface area (Å²) in [7, 11) is 2.90. The van der Waals surface area contributed by atoms with Crippen molar-refractivity contribution >= 4 is 46.3 Å². The van der Waals surface area contributed by atoms with E-state index in [0.717, 1.165) is 0 Å². The Labute approximate surface area is 223 Å². The predicted molar refractivity (Wildman–Crippen MR) is 134 cm³/mol. The fraction of sp³-hybridized carbons (Fsp3) is 0.217. The highest BCUT2D eigenvalue weighted by Gasteiger charge is 2.26. The molecule has 0 spiro atoms. The number of ether oxygens (including phenoxy) is 3. The number of halogens is 5. The van der Waals surface area contributed by atoms with Gasteiger partial charge in [0.2, 0.25) is 5.95 Å². The van der Waals surface area contributed by atoms with E-state index < -0.39 is 18.8 Å². The van der Waals surface area contributed by atoms with Crippen LogP contribution in [0.25, 0.3) is 22.2 Å². The number of benzene rings is 2. The maximum Gasteiger partial charge on any atom is 0.419 e. The zero-order valence-electron chi connectivity index (χ0n) is 19.7. The van der Waals surface area contributed by atoms with E-state index in [1.54, 1.807) is 12.1 Å². The molecule has 0 aliphatic heterocycles. The van der Waals surface area contributed by atoms with E-state index in [9.17, 15) is 18.0 Å². The molecule has 0 aliphatic rings. The maximum absolute atomic E-state index is 12.5. The lowest BCUT2D eigenvalue weighted by atomic mass is 10.0. The van der Waals surface area contributed by atoms with Crippen molar-refractivity contribution < 1.29 is 32.2 Å². The first kappa shape index (κ1) is 27.2. The van der Waals surface area contributed by atoms with E-state index in [2.05, 4.69) is 30.6 Å². The lowest BCUT2D eigenvalue weighted by Gasteiger charge is -2.16. The van der Waals surface area contributed by atoms with Crippen molar-refractivity contribution in [2.75, 3.05) is 26.1 Å². The molecule has 0 bridgehead atoms. The van der Waals surface area contributed by atoms with Crippen molar-refractivity contribution in [2.24, 2.45) is 0 Å². The normalized spacial score (nSPS) is 11.4. The Kier molecular flexibility index (Phi) is 8.09. The topological polar surface area (TPSA) is 123 Å². The van der Waals surface area contributed by atoms with E-state index in [1.807, 2.05) is 0 Å². The van der Waals surface area contributed by atoms with E-state index in [0.29, 0.717) is 33.8 Å². The molecule has 0 saturated carbocycles. The van der Waals surface area contributed by atoms with Crippen LogP contribution in [0.4, 0.5) is 23.9 Å². The summed E-state index contributed by atoms with van der Waals surface area (Å²) < 4.78 is 53.0. The number of alkyl halides is 3. The number of hydrogen-bond donors (Lipinski definition) is 3. The van der Waals surface area contributed by atoms with Crippen molar-refractivity contribution in [3.05, 3.63) is 52.5 Å². The highest BCUT2D eigenvalue weighted by molar-refractivity contribution is 6.41. The molecule has 2 heterocycles. The smallest absolute Gasteiger partial charge is 0.419 e. The molecule has 0 fully saturated rings. The zero-order chi connectivity index (χ0) is 27.4. The number of aromatic amines is 1. The van der Waals surface area contributed by atoms with Gasteiger partial charge in [-0.25, -0.2) is 14.8 Å². The van der Waals surface area contributed by atoms with Gasteiger partial charge in [0.25, 0.3) is 0 Å². The van der Waals surface area contributed by atoms with Gasteiger partial charge < -0.3 is 24.5 Å². The monoisotopic (exact) mass is 570 g/mol. The zero-order valence-corrected chi connectivity index (χ0v) is 21.3. The van der Waals surface area contributed by atoms with Gasteiger partial charge in [-0.05, 0) is 12.1 Å². The van der Waals surface area contributed by atoms with Crippen LogP contribution >= 0.6 is 23.2 Å². The Morgan fingerprint density at radius 1 is 1.00 bits per heavy atom. The maximum atomic E-state index is 12.5. The van der Waals surface area contributed by atoms with Crippen molar-refractivity contribution in [1.82, 2.24) is 25.3 Å². The van der Waals surface area contributed by atoms with Crippen LogP contribution in [0.1, 0.15) is 5.69 Å². The van der Waals surface area contributed by atoms with E-state index >= 15 is 0 Å². The third-order valence-corrected chi connectivity index (χ3v) is 5.87. The average molecular weight is 571 g/mol. The fourth-order valence-corrected chi connectivity index (χ4v) is 4.22. The van der Waals surface area contributed by atoms with Crippen LogP contribution in [0.2, 0.25) is 10.0 Å². The molecule has 15 heteroatoms. The number of rotatable bonds is 8. The lowest BCUT2D eigenvalue weighted by molar-refractivity contribution is -0.125. The Morgan fingerprint density at radius 3 is 2.29 bits per heavy atom. The Hall–Kier alpha value is -3.81. The first-order valence-corrected chi connectivity index (χ1v) is 11.5. The SMILES string of the molecule is COc1cc(OC)c(Cl)c(-c2ccc(OC(=O)Nc3ncc(CNCC(F)(F)F)[nH]3)c3nccnc23)c1Cl. The van der Waals surface area contributed by atoms with Gasteiger partial charge in [0.1, 0.15) is 22.5 Å². The molecule has 3 N–H and O–H groups in total. The van der Waals surface area contributed by atoms with Crippen LogP contribution in [-0.4, -0.2) is 53.0 Å². The second-order valence-electron chi connectivity index (χ2n) is 7.64. The van der Waals surface area contributed by atoms with Gasteiger partial charge in [0.05, 0.1) is 42.7 Å². The number of H-pyrrole nitrogens is 1. The Morgan fingerprint density at radius 2 is 1.66 bits per heavy atom. The van der Waals surface area contributed by atoms with Gasteiger partial charge in [-0.15, -0.1) is 0 Å². The summed E-state index contributed by atoms with van der Waals surface area (Å²) in [6.45, 7) is -1.30. The van der Waals surface area contributed by atoms with Crippen LogP contribution in [-0.2, 0) is 6.54 Å². The van der Waals surface area contributed by atoms with Crippen LogP contribution < -0.4 is 24.8 Å². The molecule has 10 nitrogen and oxygen atoms in total. The van der Waals surface area contributed by atoms with Crippen molar-refractivity contribution in [2.45, 2.75) is 12.7 Å². The van der Waals surface area contributed by atoms with Gasteiger partial charge in [-0.1, -0.05) is 23.2 Å². The fourth-order valence-electron chi connectivity index (χ4n) is 3.51. The number of amides is 1. The number of nitrogens with zero attached hydrogens (tertiary/aromatic N) is 3. The molecule has 0 atom stereocenters. The van der Waals surface area contributed by atoms with Crippen molar-refractivity contribution in [3.8, 4) is 28.4 Å². The number of carbonyl (C=O) groups excluding carboxylic acids is 1. The number of imidazole rings is 1. The molecule has 0 radical (unpaired) electrons. The highest BCUT2D eigenvalue weighted by atomic mass is 35.5. The largest absolute Gasteiger partial charge is 0.495 e. The molecule has 4 rings (SSSR count). The van der Waals surface area contributed by atoms with E-state index in [4.69, 9.17) is 37.4 Å². The molecule has 2 aromatic heterocycles. The summed E-state index contributed by atoms with van der Waals surface area (Å²) >= 11 is 13.1. The summed E-state index contributed by atoms with van der Waals surface area (Å²) in [4.78, 5) is 27.8. The van der Waals surface area contributed by atoms with Gasteiger partial charge in [-0.2, -0.15) is 13.2 Å². The van der Waals surface area contributed by atoms with Gasteiger partial charge >= 0.3 is 12.3 Å². The molecule has 200 valence electrons. The second kappa shape index (κ2) is 11.3. The number of anilines is 1. The summed E-state index contributed by atoms with van der Waals surface area (Å²) in [5.74, 6) is 0.695. The van der Waals surface area contributed by atoms with Gasteiger partial charge in [0, 0.05) is 36.1 Å². The second-order valence-corrected chi connectivity index (χ2v) is 8.40. The minimum atomic E-state index is -4.35. The third-order valence-electron chi connectivity index (χ3n) is 5.12. The molecule has 0 aliphatic carbocycles. The van der Waals surface area contributed by atoms with Gasteiger partial charge in [0.15, 0.2) is 5.75 Å². The summed E-state index contributed by atoms with van der Waals surface area (Å²) in [6, 6.07) is 4.64. The van der Waals surface area contributed by atoms with Crippen molar-refractivity contribution in [1.29, 1.82) is 0 Å². The van der Waals surface area contributed by atoms with Crippen LogP contribution in [0.5, 0.6) is 17.2 Å². The van der Waals surface area contributed by atoms with Crippen molar-refractivity contribution in [3.63, 3.8) is 0 Å². The van der Waals surface area contributed by atoms with Crippen LogP contribution in [0.3, 0.4) is 0 Å². The average Bonchev–Trinajstić information content (AvgIpc) is 3.31.